The molecule has 4 aromatic rings. The summed E-state index contributed by atoms with van der Waals surface area (Å²) in [5.41, 5.74) is 3.36. The first-order valence-electron chi connectivity index (χ1n) is 6.61. The number of hydrogen-bond donors (Lipinski definition) is 0. The third kappa shape index (κ3) is 2.29. The highest BCUT2D eigenvalue weighted by molar-refractivity contribution is 9.10. The number of pyridine rings is 1. The molecule has 0 aliphatic heterocycles. The summed E-state index contributed by atoms with van der Waals surface area (Å²) < 4.78 is 2.95. The van der Waals surface area contributed by atoms with E-state index >= 15 is 0 Å². The van der Waals surface area contributed by atoms with Gasteiger partial charge in [0, 0.05) is 36.1 Å². The molecule has 1 aromatic carbocycles. The molecule has 3 aromatic heterocycles. The Morgan fingerprint density at radius 3 is 2.90 bits per heavy atom. The second-order valence-electron chi connectivity index (χ2n) is 4.90. The Morgan fingerprint density at radius 1 is 1.05 bits per heavy atom. The standard InChI is InChI=1S/C16H11BrN4/c17-13-8-19-16-20-9-14(21(16)10-13)7-11-3-4-15-12(6-11)2-1-5-18-15/h1-6,8-10H,7H2. The second kappa shape index (κ2) is 4.93. The van der Waals surface area contributed by atoms with Crippen molar-refractivity contribution >= 4 is 32.6 Å². The van der Waals surface area contributed by atoms with Crippen LogP contribution in [0.1, 0.15) is 11.3 Å². The number of hydrogen-bond acceptors (Lipinski definition) is 3. The average molecular weight is 339 g/mol. The van der Waals surface area contributed by atoms with Gasteiger partial charge in [0.2, 0.25) is 5.78 Å². The van der Waals surface area contributed by atoms with Crippen LogP contribution < -0.4 is 0 Å². The molecule has 0 fully saturated rings. The van der Waals surface area contributed by atoms with E-state index in [1.165, 1.54) is 5.56 Å². The number of benzene rings is 1. The fourth-order valence-electron chi connectivity index (χ4n) is 2.47. The minimum atomic E-state index is 0.718. The Morgan fingerprint density at radius 2 is 1.95 bits per heavy atom. The van der Waals surface area contributed by atoms with Gasteiger partial charge in [-0.1, -0.05) is 12.1 Å². The molecule has 0 N–H and O–H groups in total. The molecular weight excluding hydrogens is 328 g/mol. The number of rotatable bonds is 2. The van der Waals surface area contributed by atoms with Gasteiger partial charge in [-0.3, -0.25) is 9.38 Å². The van der Waals surface area contributed by atoms with Crippen LogP contribution in [-0.4, -0.2) is 19.4 Å². The Hall–Kier alpha value is -2.27. The Bertz CT molecular complexity index is 945. The van der Waals surface area contributed by atoms with E-state index < -0.39 is 0 Å². The van der Waals surface area contributed by atoms with Crippen LogP contribution in [0.25, 0.3) is 16.7 Å². The summed E-state index contributed by atoms with van der Waals surface area (Å²) in [6, 6.07) is 10.4. The maximum Gasteiger partial charge on any atom is 0.233 e. The molecule has 0 aliphatic rings. The first-order chi connectivity index (χ1) is 10.3. The van der Waals surface area contributed by atoms with Crippen molar-refractivity contribution in [3.05, 3.63) is 70.8 Å². The lowest BCUT2D eigenvalue weighted by Gasteiger charge is -2.04. The summed E-state index contributed by atoms with van der Waals surface area (Å²) in [6.07, 6.45) is 8.25. The van der Waals surface area contributed by atoms with E-state index in [-0.39, 0.29) is 0 Å². The third-order valence-electron chi connectivity index (χ3n) is 3.46. The quantitative estimate of drug-likeness (QED) is 0.560. The summed E-state index contributed by atoms with van der Waals surface area (Å²) in [7, 11) is 0. The highest BCUT2D eigenvalue weighted by Crippen LogP contribution is 2.18. The highest BCUT2D eigenvalue weighted by Gasteiger charge is 2.06. The van der Waals surface area contributed by atoms with Crippen molar-refractivity contribution < 1.29 is 0 Å². The number of nitrogens with zero attached hydrogens (tertiary/aromatic N) is 4. The van der Waals surface area contributed by atoms with Crippen molar-refractivity contribution in [3.8, 4) is 0 Å². The molecule has 0 radical (unpaired) electrons. The summed E-state index contributed by atoms with van der Waals surface area (Å²) in [5.74, 6) is 0.718. The second-order valence-corrected chi connectivity index (χ2v) is 5.81. The Kier molecular flexibility index (Phi) is 2.93. The van der Waals surface area contributed by atoms with E-state index in [9.17, 15) is 0 Å². The first-order valence-corrected chi connectivity index (χ1v) is 7.40. The van der Waals surface area contributed by atoms with Crippen LogP contribution in [0.5, 0.6) is 0 Å². The van der Waals surface area contributed by atoms with Crippen LogP contribution in [-0.2, 0) is 6.42 Å². The van der Waals surface area contributed by atoms with Gasteiger partial charge in [-0.2, -0.15) is 0 Å². The third-order valence-corrected chi connectivity index (χ3v) is 3.87. The number of imidazole rings is 1. The highest BCUT2D eigenvalue weighted by atomic mass is 79.9. The molecular formula is C16H11BrN4. The predicted molar refractivity (Wildman–Crippen MR) is 85.2 cm³/mol. The van der Waals surface area contributed by atoms with Gasteiger partial charge < -0.3 is 0 Å². The number of halogens is 1. The lowest BCUT2D eigenvalue weighted by Crippen LogP contribution is -1.96. The zero-order valence-electron chi connectivity index (χ0n) is 11.1. The van der Waals surface area contributed by atoms with Crippen molar-refractivity contribution in [3.63, 3.8) is 0 Å². The van der Waals surface area contributed by atoms with Crippen molar-refractivity contribution in [1.29, 1.82) is 0 Å². The molecule has 0 spiro atoms. The Labute approximate surface area is 129 Å². The molecule has 102 valence electrons. The van der Waals surface area contributed by atoms with Crippen LogP contribution in [0.15, 0.2) is 59.6 Å². The molecule has 4 nitrogen and oxygen atoms in total. The normalized spacial score (nSPS) is 11.3. The maximum absolute atomic E-state index is 4.35. The SMILES string of the molecule is Brc1cnc2ncc(Cc3ccc4ncccc4c3)n2c1. The van der Waals surface area contributed by atoms with Gasteiger partial charge in [0.25, 0.3) is 0 Å². The monoisotopic (exact) mass is 338 g/mol. The summed E-state index contributed by atoms with van der Waals surface area (Å²) in [5, 5.41) is 1.16. The molecule has 0 amide bonds. The van der Waals surface area contributed by atoms with Crippen LogP contribution in [0, 0.1) is 0 Å². The fraction of sp³-hybridized carbons (Fsp3) is 0.0625. The minimum absolute atomic E-state index is 0.718. The largest absolute Gasteiger partial charge is 0.287 e. The van der Waals surface area contributed by atoms with Gasteiger partial charge in [-0.15, -0.1) is 0 Å². The summed E-state index contributed by atoms with van der Waals surface area (Å²) in [6.45, 7) is 0. The van der Waals surface area contributed by atoms with Gasteiger partial charge >= 0.3 is 0 Å². The van der Waals surface area contributed by atoms with Crippen LogP contribution >= 0.6 is 15.9 Å². The predicted octanol–water partition coefficient (Wildman–Crippen LogP) is 3.63. The number of fused-ring (bicyclic) bond motifs is 2. The first kappa shape index (κ1) is 12.5. The van der Waals surface area contributed by atoms with E-state index in [1.54, 1.807) is 6.20 Å². The minimum Gasteiger partial charge on any atom is -0.287 e. The molecule has 3 heterocycles. The zero-order valence-corrected chi connectivity index (χ0v) is 12.7. The summed E-state index contributed by atoms with van der Waals surface area (Å²) >= 11 is 3.45. The van der Waals surface area contributed by atoms with E-state index in [2.05, 4.69) is 55.1 Å². The van der Waals surface area contributed by atoms with Crippen molar-refractivity contribution in [2.45, 2.75) is 6.42 Å². The average Bonchev–Trinajstić information content (AvgIpc) is 2.89. The van der Waals surface area contributed by atoms with Crippen LogP contribution in [0.4, 0.5) is 0 Å². The lowest BCUT2D eigenvalue weighted by molar-refractivity contribution is 0.997. The van der Waals surface area contributed by atoms with E-state index in [1.807, 2.05) is 29.1 Å². The van der Waals surface area contributed by atoms with E-state index in [0.717, 1.165) is 33.3 Å². The van der Waals surface area contributed by atoms with Gasteiger partial charge in [-0.05, 0) is 39.7 Å². The smallest absolute Gasteiger partial charge is 0.233 e. The van der Waals surface area contributed by atoms with Gasteiger partial charge in [0.05, 0.1) is 16.2 Å². The van der Waals surface area contributed by atoms with Crippen molar-refractivity contribution in [2.24, 2.45) is 0 Å². The topological polar surface area (TPSA) is 43.1 Å². The van der Waals surface area contributed by atoms with E-state index in [4.69, 9.17) is 0 Å². The summed E-state index contributed by atoms with van der Waals surface area (Å²) in [4.78, 5) is 13.0. The molecule has 21 heavy (non-hydrogen) atoms. The molecule has 0 aliphatic carbocycles. The Balaban J connectivity index is 1.77. The van der Waals surface area contributed by atoms with Gasteiger partial charge in [0.1, 0.15) is 0 Å². The van der Waals surface area contributed by atoms with Crippen LogP contribution in [0.2, 0.25) is 0 Å². The maximum atomic E-state index is 4.35. The van der Waals surface area contributed by atoms with Gasteiger partial charge in [0.15, 0.2) is 0 Å². The van der Waals surface area contributed by atoms with Crippen molar-refractivity contribution in [1.82, 2.24) is 19.4 Å². The van der Waals surface area contributed by atoms with Crippen LogP contribution in [0.3, 0.4) is 0 Å². The molecule has 0 saturated heterocycles. The van der Waals surface area contributed by atoms with Crippen molar-refractivity contribution in [2.75, 3.05) is 0 Å². The molecule has 0 saturated carbocycles. The number of aromatic nitrogens is 4. The fourth-order valence-corrected chi connectivity index (χ4v) is 2.78. The molecule has 0 unspecified atom stereocenters. The molecule has 4 rings (SSSR count). The molecule has 0 atom stereocenters. The lowest BCUT2D eigenvalue weighted by atomic mass is 10.1. The van der Waals surface area contributed by atoms with Gasteiger partial charge in [-0.25, -0.2) is 9.97 Å². The van der Waals surface area contributed by atoms with E-state index in [0.29, 0.717) is 0 Å². The molecule has 0 bridgehead atoms. The molecule has 5 heteroatoms. The zero-order chi connectivity index (χ0) is 14.2.